The third-order valence-corrected chi connectivity index (χ3v) is 6.83. The number of carbonyl (C=O) groups excluding carboxylic acids is 3. The number of aliphatic hydroxyl groups excluding tert-OH is 4. The SMILES string of the molecule is C=C1C(=O)OC2C3C(COC4OC(CO)C(O)C(O)C4O)=CC(=O)C3=C(C)CC(OC(C)=O)C12. The Kier molecular flexibility index (Phi) is 6.78. The fourth-order valence-corrected chi connectivity index (χ4v) is 5.23. The van der Waals surface area contributed by atoms with Gasteiger partial charge >= 0.3 is 11.9 Å². The molecule has 2 aliphatic heterocycles. The summed E-state index contributed by atoms with van der Waals surface area (Å²) in [4.78, 5) is 37.0. The smallest absolute Gasteiger partial charge is 0.334 e. The van der Waals surface area contributed by atoms with Crippen LogP contribution in [-0.2, 0) is 33.3 Å². The van der Waals surface area contributed by atoms with Crippen molar-refractivity contribution in [2.45, 2.75) is 63.2 Å². The molecule has 2 saturated heterocycles. The Morgan fingerprint density at radius 1 is 1.21 bits per heavy atom. The van der Waals surface area contributed by atoms with E-state index in [0.29, 0.717) is 16.7 Å². The normalized spacial score (nSPS) is 39.9. The lowest BCUT2D eigenvalue weighted by Gasteiger charge is -2.39. The zero-order valence-corrected chi connectivity index (χ0v) is 18.7. The molecule has 0 bridgehead atoms. The van der Waals surface area contributed by atoms with Gasteiger partial charge in [-0.15, -0.1) is 0 Å². The van der Waals surface area contributed by atoms with E-state index < -0.39 is 73.3 Å². The summed E-state index contributed by atoms with van der Waals surface area (Å²) in [6.45, 7) is 5.98. The zero-order chi connectivity index (χ0) is 24.9. The van der Waals surface area contributed by atoms with Crippen LogP contribution in [0.2, 0.25) is 0 Å². The molecule has 2 heterocycles. The van der Waals surface area contributed by atoms with Crippen molar-refractivity contribution in [1.29, 1.82) is 0 Å². The lowest BCUT2D eigenvalue weighted by Crippen LogP contribution is -2.59. The van der Waals surface area contributed by atoms with Crippen LogP contribution in [0.25, 0.3) is 0 Å². The van der Waals surface area contributed by atoms with Crippen molar-refractivity contribution in [3.05, 3.63) is 34.9 Å². The number of esters is 2. The molecule has 0 aromatic heterocycles. The molecule has 0 aromatic carbocycles. The first-order valence-electron chi connectivity index (χ1n) is 11.0. The summed E-state index contributed by atoms with van der Waals surface area (Å²) in [6.07, 6.45) is -7.29. The Hall–Kier alpha value is -2.41. The van der Waals surface area contributed by atoms with E-state index in [1.807, 2.05) is 0 Å². The average molecular weight is 480 g/mol. The van der Waals surface area contributed by atoms with Crippen molar-refractivity contribution in [3.8, 4) is 0 Å². The summed E-state index contributed by atoms with van der Waals surface area (Å²) < 4.78 is 22.1. The maximum atomic E-state index is 12.9. The van der Waals surface area contributed by atoms with E-state index in [1.54, 1.807) is 6.92 Å². The second kappa shape index (κ2) is 9.33. The van der Waals surface area contributed by atoms with Crippen molar-refractivity contribution in [3.63, 3.8) is 0 Å². The molecule has 4 aliphatic rings. The number of fused-ring (bicyclic) bond motifs is 3. The highest BCUT2D eigenvalue weighted by Gasteiger charge is 2.54. The van der Waals surface area contributed by atoms with Crippen LogP contribution in [0, 0.1) is 11.8 Å². The van der Waals surface area contributed by atoms with Gasteiger partial charge in [0.2, 0.25) is 0 Å². The molecule has 0 radical (unpaired) electrons. The van der Waals surface area contributed by atoms with Crippen LogP contribution >= 0.6 is 0 Å². The Morgan fingerprint density at radius 2 is 1.91 bits per heavy atom. The summed E-state index contributed by atoms with van der Waals surface area (Å²) in [6, 6.07) is 0. The Morgan fingerprint density at radius 3 is 2.56 bits per heavy atom. The standard InChI is InChI=1S/C23H28O11/c1-8-4-13(32-10(3)25)16-9(2)22(30)34-21(16)17-11(5-12(26)15(8)17)7-31-23-20(29)19(28)18(27)14(6-24)33-23/h5,13-14,16-21,23-24,27-29H,2,4,6-7H2,1,3H3. The van der Waals surface area contributed by atoms with E-state index in [0.717, 1.165) is 0 Å². The summed E-state index contributed by atoms with van der Waals surface area (Å²) >= 11 is 0. The van der Waals surface area contributed by atoms with Crippen LogP contribution in [0.3, 0.4) is 0 Å². The lowest BCUT2D eigenvalue weighted by molar-refractivity contribution is -0.299. The largest absolute Gasteiger partial charge is 0.461 e. The minimum atomic E-state index is -1.61. The first kappa shape index (κ1) is 24.7. The molecule has 11 nitrogen and oxygen atoms in total. The number of aliphatic hydroxyl groups is 4. The van der Waals surface area contributed by atoms with Gasteiger partial charge in [-0.1, -0.05) is 12.2 Å². The third-order valence-electron chi connectivity index (χ3n) is 6.83. The fraction of sp³-hybridized carbons (Fsp3) is 0.609. The van der Waals surface area contributed by atoms with E-state index in [-0.39, 0.29) is 24.4 Å². The van der Waals surface area contributed by atoms with E-state index in [1.165, 1.54) is 13.0 Å². The maximum absolute atomic E-state index is 12.9. The number of rotatable bonds is 5. The van der Waals surface area contributed by atoms with Gasteiger partial charge in [0.1, 0.15) is 36.6 Å². The van der Waals surface area contributed by atoms with Crippen LogP contribution < -0.4 is 0 Å². The monoisotopic (exact) mass is 480 g/mol. The molecular weight excluding hydrogens is 452 g/mol. The van der Waals surface area contributed by atoms with E-state index in [4.69, 9.17) is 18.9 Å². The predicted octanol–water partition coefficient (Wildman–Crippen LogP) is -1.32. The van der Waals surface area contributed by atoms with Crippen molar-refractivity contribution < 1.29 is 53.8 Å². The molecule has 0 aromatic rings. The molecule has 0 saturated carbocycles. The lowest BCUT2D eigenvalue weighted by atomic mass is 9.82. The molecule has 186 valence electrons. The summed E-state index contributed by atoms with van der Waals surface area (Å²) in [5, 5.41) is 39.5. The highest BCUT2D eigenvalue weighted by Crippen LogP contribution is 2.48. The van der Waals surface area contributed by atoms with Gasteiger partial charge in [0, 0.05) is 30.4 Å². The van der Waals surface area contributed by atoms with Crippen molar-refractivity contribution in [2.75, 3.05) is 13.2 Å². The van der Waals surface area contributed by atoms with Crippen LogP contribution in [0.5, 0.6) is 0 Å². The van der Waals surface area contributed by atoms with Crippen LogP contribution in [0.15, 0.2) is 34.9 Å². The van der Waals surface area contributed by atoms with E-state index in [2.05, 4.69) is 6.58 Å². The average Bonchev–Trinajstić information content (AvgIpc) is 3.22. The first-order chi connectivity index (χ1) is 16.0. The minimum Gasteiger partial charge on any atom is -0.461 e. The third kappa shape index (κ3) is 4.12. The van der Waals surface area contributed by atoms with Crippen molar-refractivity contribution >= 4 is 17.7 Å². The minimum absolute atomic E-state index is 0.152. The van der Waals surface area contributed by atoms with E-state index >= 15 is 0 Å². The number of ketones is 1. The second-order valence-corrected chi connectivity index (χ2v) is 9.04. The number of ether oxygens (including phenoxy) is 4. The highest BCUT2D eigenvalue weighted by atomic mass is 16.7. The zero-order valence-electron chi connectivity index (χ0n) is 18.7. The number of allylic oxidation sites excluding steroid dienone is 1. The number of hydrogen-bond acceptors (Lipinski definition) is 11. The van der Waals surface area contributed by atoms with Crippen LogP contribution in [-0.4, -0.2) is 94.3 Å². The molecule has 34 heavy (non-hydrogen) atoms. The molecule has 2 aliphatic carbocycles. The van der Waals surface area contributed by atoms with Gasteiger partial charge in [0.05, 0.1) is 19.1 Å². The molecule has 0 amide bonds. The first-order valence-corrected chi connectivity index (χ1v) is 11.0. The van der Waals surface area contributed by atoms with Gasteiger partial charge in [-0.05, 0) is 18.6 Å². The highest BCUT2D eigenvalue weighted by molar-refractivity contribution is 6.09. The second-order valence-electron chi connectivity index (χ2n) is 9.04. The van der Waals surface area contributed by atoms with Gasteiger partial charge in [-0.25, -0.2) is 4.79 Å². The Bertz CT molecular complexity index is 964. The van der Waals surface area contributed by atoms with Crippen molar-refractivity contribution in [2.24, 2.45) is 11.8 Å². The Labute approximate surface area is 195 Å². The van der Waals surface area contributed by atoms with E-state index in [9.17, 15) is 34.8 Å². The van der Waals surface area contributed by atoms with Crippen LogP contribution in [0.4, 0.5) is 0 Å². The molecule has 4 rings (SSSR count). The van der Waals surface area contributed by atoms with Gasteiger partial charge in [-0.3, -0.25) is 9.59 Å². The number of hydrogen-bond donors (Lipinski definition) is 4. The summed E-state index contributed by atoms with van der Waals surface area (Å²) in [5.74, 6) is -2.83. The Balaban J connectivity index is 1.60. The molecular formula is C23H28O11. The maximum Gasteiger partial charge on any atom is 0.334 e. The quantitative estimate of drug-likeness (QED) is 0.272. The fourth-order valence-electron chi connectivity index (χ4n) is 5.23. The van der Waals surface area contributed by atoms with Crippen molar-refractivity contribution in [1.82, 2.24) is 0 Å². The topological polar surface area (TPSA) is 169 Å². The van der Waals surface area contributed by atoms with Gasteiger partial charge in [0.25, 0.3) is 0 Å². The van der Waals surface area contributed by atoms with Gasteiger partial charge in [-0.2, -0.15) is 0 Å². The van der Waals surface area contributed by atoms with Crippen LogP contribution in [0.1, 0.15) is 20.3 Å². The number of carbonyl (C=O) groups is 3. The molecule has 0 spiro atoms. The summed E-state index contributed by atoms with van der Waals surface area (Å²) in [7, 11) is 0. The van der Waals surface area contributed by atoms with Gasteiger partial charge < -0.3 is 39.4 Å². The molecule has 2 fully saturated rings. The molecule has 11 heteroatoms. The summed E-state index contributed by atoms with van der Waals surface area (Å²) in [5.41, 5.74) is 1.69. The molecule has 9 atom stereocenters. The molecule has 4 N–H and O–H groups in total. The predicted molar refractivity (Wildman–Crippen MR) is 112 cm³/mol. The van der Waals surface area contributed by atoms with Gasteiger partial charge in [0.15, 0.2) is 12.1 Å². The molecule has 9 unspecified atom stereocenters.